The van der Waals surface area contributed by atoms with Crippen molar-refractivity contribution < 1.29 is 4.79 Å². The van der Waals surface area contributed by atoms with Crippen LogP contribution in [0.4, 0.5) is 27.9 Å². The maximum absolute atomic E-state index is 11.8. The average Bonchev–Trinajstić information content (AvgIpc) is 2.69. The number of nitrogens with zero attached hydrogens (tertiary/aromatic N) is 3. The van der Waals surface area contributed by atoms with Gasteiger partial charge in [0.15, 0.2) is 5.82 Å². The van der Waals surface area contributed by atoms with Gasteiger partial charge in [0.1, 0.15) is 11.6 Å². The summed E-state index contributed by atoms with van der Waals surface area (Å²) in [6.45, 7) is 2.98. The van der Waals surface area contributed by atoms with Gasteiger partial charge < -0.3 is 21.3 Å². The molecule has 2 heterocycles. The van der Waals surface area contributed by atoms with E-state index in [-0.39, 0.29) is 6.03 Å². The van der Waals surface area contributed by atoms with Gasteiger partial charge in [-0.1, -0.05) is 23.8 Å². The summed E-state index contributed by atoms with van der Waals surface area (Å²) in [5.74, 6) is 1.94. The lowest BCUT2D eigenvalue weighted by Gasteiger charge is -2.09. The van der Waals surface area contributed by atoms with Gasteiger partial charge >= 0.3 is 6.03 Å². The van der Waals surface area contributed by atoms with E-state index in [1.165, 1.54) is 0 Å². The number of anilines is 4. The van der Waals surface area contributed by atoms with Crippen molar-refractivity contribution >= 4 is 29.2 Å². The molecule has 0 aliphatic carbocycles. The van der Waals surface area contributed by atoms with E-state index in [0.717, 1.165) is 11.3 Å². The Kier molecular flexibility index (Phi) is 6.13. The molecule has 27 heavy (non-hydrogen) atoms. The molecule has 0 unspecified atom stereocenters. The van der Waals surface area contributed by atoms with Crippen molar-refractivity contribution in [1.82, 2.24) is 20.5 Å². The maximum atomic E-state index is 11.8. The first-order chi connectivity index (χ1) is 13.2. The zero-order chi connectivity index (χ0) is 18.9. The molecule has 2 amide bonds. The van der Waals surface area contributed by atoms with Crippen molar-refractivity contribution in [2.45, 2.75) is 6.92 Å². The van der Waals surface area contributed by atoms with Crippen LogP contribution in [0.2, 0.25) is 0 Å². The third-order valence-corrected chi connectivity index (χ3v) is 3.61. The van der Waals surface area contributed by atoms with Crippen molar-refractivity contribution in [3.63, 3.8) is 0 Å². The van der Waals surface area contributed by atoms with Crippen LogP contribution in [0, 0.1) is 6.92 Å². The van der Waals surface area contributed by atoms with E-state index in [9.17, 15) is 4.79 Å². The highest BCUT2D eigenvalue weighted by atomic mass is 16.2. The van der Waals surface area contributed by atoms with Crippen LogP contribution in [-0.4, -0.2) is 34.3 Å². The Morgan fingerprint density at radius 2 is 1.67 bits per heavy atom. The normalized spacial score (nSPS) is 10.1. The molecule has 0 radical (unpaired) electrons. The van der Waals surface area contributed by atoms with Crippen molar-refractivity contribution in [2.24, 2.45) is 0 Å². The number of hydrogen-bond donors (Lipinski definition) is 4. The molecule has 0 atom stereocenters. The predicted molar refractivity (Wildman–Crippen MR) is 106 cm³/mol. The second-order valence-corrected chi connectivity index (χ2v) is 5.82. The molecule has 3 rings (SSSR count). The summed E-state index contributed by atoms with van der Waals surface area (Å²) >= 11 is 0. The monoisotopic (exact) mass is 363 g/mol. The number of amides is 2. The minimum atomic E-state index is -0.248. The number of rotatable bonds is 7. The summed E-state index contributed by atoms with van der Waals surface area (Å²) in [6.07, 6.45) is 1.70. The fourth-order valence-corrected chi connectivity index (χ4v) is 2.24. The number of benzene rings is 1. The number of carbonyl (C=O) groups excluding carboxylic acids is 1. The van der Waals surface area contributed by atoms with E-state index in [1.54, 1.807) is 6.20 Å². The van der Waals surface area contributed by atoms with Crippen molar-refractivity contribution in [3.05, 3.63) is 66.4 Å². The van der Waals surface area contributed by atoms with Gasteiger partial charge in [0.25, 0.3) is 0 Å². The zero-order valence-electron chi connectivity index (χ0n) is 14.9. The summed E-state index contributed by atoms with van der Waals surface area (Å²) in [5, 5.41) is 19.9. The second kappa shape index (κ2) is 9.14. The third-order valence-electron chi connectivity index (χ3n) is 3.61. The number of urea groups is 1. The summed E-state index contributed by atoms with van der Waals surface area (Å²) < 4.78 is 0. The van der Waals surface area contributed by atoms with Gasteiger partial charge in [-0.2, -0.15) is 0 Å². The predicted octanol–water partition coefficient (Wildman–Crippen LogP) is 3.16. The lowest BCUT2D eigenvalue weighted by atomic mass is 10.2. The van der Waals surface area contributed by atoms with E-state index in [0.29, 0.717) is 30.5 Å². The lowest BCUT2D eigenvalue weighted by molar-refractivity contribution is 0.252. The largest absolute Gasteiger partial charge is 0.367 e. The Morgan fingerprint density at radius 1 is 0.889 bits per heavy atom. The minimum absolute atomic E-state index is 0.248. The summed E-state index contributed by atoms with van der Waals surface area (Å²) in [5.41, 5.74) is 1.90. The summed E-state index contributed by atoms with van der Waals surface area (Å²) in [4.78, 5) is 16.0. The zero-order valence-corrected chi connectivity index (χ0v) is 14.9. The lowest BCUT2D eigenvalue weighted by Crippen LogP contribution is -2.32. The molecule has 1 aromatic carbocycles. The fraction of sp³-hybridized carbons (Fsp3) is 0.158. The Labute approximate surface area is 157 Å². The van der Waals surface area contributed by atoms with Crippen LogP contribution in [-0.2, 0) is 0 Å². The van der Waals surface area contributed by atoms with E-state index in [1.807, 2.05) is 61.5 Å². The van der Waals surface area contributed by atoms with Crippen LogP contribution in [0.3, 0.4) is 0 Å². The smallest absolute Gasteiger partial charge is 0.319 e. The first kappa shape index (κ1) is 18.1. The van der Waals surface area contributed by atoms with E-state index < -0.39 is 0 Å². The molecule has 0 aliphatic heterocycles. The van der Waals surface area contributed by atoms with Crippen LogP contribution in [0.1, 0.15) is 5.56 Å². The van der Waals surface area contributed by atoms with E-state index in [2.05, 4.69) is 36.4 Å². The van der Waals surface area contributed by atoms with Gasteiger partial charge in [-0.05, 0) is 43.3 Å². The van der Waals surface area contributed by atoms with Crippen LogP contribution < -0.4 is 21.3 Å². The van der Waals surface area contributed by atoms with Crippen LogP contribution in [0.15, 0.2) is 60.8 Å². The van der Waals surface area contributed by atoms with Gasteiger partial charge in [-0.15, -0.1) is 10.2 Å². The molecule has 2 aromatic heterocycles. The minimum Gasteiger partial charge on any atom is -0.367 e. The van der Waals surface area contributed by atoms with Gasteiger partial charge in [-0.3, -0.25) is 0 Å². The quantitative estimate of drug-likeness (QED) is 0.481. The highest BCUT2D eigenvalue weighted by Gasteiger charge is 2.02. The Balaban J connectivity index is 1.37. The van der Waals surface area contributed by atoms with Crippen LogP contribution in [0.25, 0.3) is 0 Å². The molecule has 138 valence electrons. The number of nitrogens with one attached hydrogen (secondary N) is 4. The van der Waals surface area contributed by atoms with E-state index in [4.69, 9.17) is 0 Å². The molecule has 0 saturated carbocycles. The molecular weight excluding hydrogens is 342 g/mol. The third kappa shape index (κ3) is 5.96. The maximum Gasteiger partial charge on any atom is 0.319 e. The molecule has 8 nitrogen and oxygen atoms in total. The van der Waals surface area contributed by atoms with Gasteiger partial charge in [0.05, 0.1) is 0 Å². The molecule has 3 aromatic rings. The molecule has 0 bridgehead atoms. The van der Waals surface area contributed by atoms with Crippen molar-refractivity contribution in [1.29, 1.82) is 0 Å². The first-order valence-electron chi connectivity index (χ1n) is 8.56. The molecule has 0 saturated heterocycles. The van der Waals surface area contributed by atoms with Gasteiger partial charge in [-0.25, -0.2) is 9.78 Å². The molecular formula is C19H21N7O. The average molecular weight is 363 g/mol. The number of carbonyl (C=O) groups is 1. The number of pyridine rings is 1. The summed E-state index contributed by atoms with van der Waals surface area (Å²) in [6, 6.07) is 16.6. The molecule has 0 fully saturated rings. The standard InChI is InChI=1S/C19H21N7O/c1-14-5-7-15(8-6-14)23-19(27)22-13-12-21-17-9-10-18(26-25-17)24-16-4-2-3-11-20-16/h2-11H,12-13H2,1H3,(H,21,25)(H,20,24,26)(H2,22,23,27). The molecule has 0 spiro atoms. The Hall–Kier alpha value is -3.68. The second-order valence-electron chi connectivity index (χ2n) is 5.82. The number of aromatic nitrogens is 3. The van der Waals surface area contributed by atoms with Crippen LogP contribution >= 0.6 is 0 Å². The number of aryl methyl sites for hydroxylation is 1. The highest BCUT2D eigenvalue weighted by molar-refractivity contribution is 5.89. The highest BCUT2D eigenvalue weighted by Crippen LogP contribution is 2.11. The van der Waals surface area contributed by atoms with Crippen LogP contribution in [0.5, 0.6) is 0 Å². The van der Waals surface area contributed by atoms with Gasteiger partial charge in [0, 0.05) is 25.0 Å². The van der Waals surface area contributed by atoms with Crippen molar-refractivity contribution in [3.8, 4) is 0 Å². The van der Waals surface area contributed by atoms with E-state index >= 15 is 0 Å². The first-order valence-corrected chi connectivity index (χ1v) is 8.56. The molecule has 4 N–H and O–H groups in total. The van der Waals surface area contributed by atoms with Gasteiger partial charge in [0.2, 0.25) is 0 Å². The summed E-state index contributed by atoms with van der Waals surface area (Å²) in [7, 11) is 0. The molecule has 0 aliphatic rings. The fourth-order valence-electron chi connectivity index (χ4n) is 2.24. The van der Waals surface area contributed by atoms with Crippen molar-refractivity contribution in [2.75, 3.05) is 29.0 Å². The Morgan fingerprint density at radius 3 is 2.37 bits per heavy atom. The topological polar surface area (TPSA) is 104 Å². The Bertz CT molecular complexity index is 851. The SMILES string of the molecule is Cc1ccc(NC(=O)NCCNc2ccc(Nc3ccccn3)nn2)cc1. The number of hydrogen-bond acceptors (Lipinski definition) is 6. The molecule has 8 heteroatoms.